The fourth-order valence-electron chi connectivity index (χ4n) is 3.33. The second-order valence-electron chi connectivity index (χ2n) is 7.79. The monoisotopic (exact) mass is 459 g/mol. The lowest BCUT2D eigenvalue weighted by molar-refractivity contribution is 0.532. The van der Waals surface area contributed by atoms with Crippen LogP contribution in [0.15, 0.2) is 66.3 Å². The lowest BCUT2D eigenvalue weighted by atomic mass is 10.2. The molecular weight excluding hydrogens is 433 g/mol. The molecule has 0 fully saturated rings. The van der Waals surface area contributed by atoms with E-state index in [1.54, 1.807) is 22.9 Å². The molecule has 0 aromatic carbocycles. The Bertz CT molecular complexity index is 1360. The third-order valence-electron chi connectivity index (χ3n) is 5.08. The van der Waals surface area contributed by atoms with E-state index in [0.29, 0.717) is 29.4 Å². The predicted octanol–water partition coefficient (Wildman–Crippen LogP) is 5.01. The van der Waals surface area contributed by atoms with E-state index in [-0.39, 0.29) is 11.7 Å². The maximum Gasteiger partial charge on any atom is 0.200 e. The van der Waals surface area contributed by atoms with Gasteiger partial charge in [0.2, 0.25) is 5.82 Å². The summed E-state index contributed by atoms with van der Waals surface area (Å²) in [6, 6.07) is 3.77. The lowest BCUT2D eigenvalue weighted by Crippen LogP contribution is -2.08. The van der Waals surface area contributed by atoms with Crippen molar-refractivity contribution in [3.8, 4) is 0 Å². The van der Waals surface area contributed by atoms with Crippen LogP contribution in [0.25, 0.3) is 11.2 Å². The standard InChI is InChI=1S/C24H26FN9/c1-5-6-7-21(26-4)23-31-24(30-20-8-10-27-14-19(20)25)22-17(9-11-33(22)32-23)12-28-18-13-29-34(15-18)16(2)3/h5-11,13-16,28H,4,12H2,1-3H3,(H,27,30,31,32)/b6-5-,21-7-. The SMILES string of the molecule is C=N/C(=C\C=C/C)c1nc(Nc2ccncc2F)c2c(CNc3cnn(C(C)C)c3)ccn2n1. The van der Waals surface area contributed by atoms with Gasteiger partial charge < -0.3 is 10.6 Å². The zero-order valence-corrected chi connectivity index (χ0v) is 19.3. The number of nitrogens with zero attached hydrogens (tertiary/aromatic N) is 7. The number of rotatable bonds is 9. The van der Waals surface area contributed by atoms with E-state index in [9.17, 15) is 4.39 Å². The summed E-state index contributed by atoms with van der Waals surface area (Å²) in [7, 11) is 0. The average molecular weight is 460 g/mol. The number of hydrogen-bond donors (Lipinski definition) is 2. The van der Waals surface area contributed by atoms with Crippen LogP contribution in [0, 0.1) is 5.82 Å². The molecule has 0 aliphatic rings. The van der Waals surface area contributed by atoms with Crippen LogP contribution in [0.2, 0.25) is 0 Å². The van der Waals surface area contributed by atoms with Gasteiger partial charge in [0.1, 0.15) is 11.2 Å². The first-order valence-electron chi connectivity index (χ1n) is 10.8. The molecule has 174 valence electrons. The molecule has 4 rings (SSSR count). The van der Waals surface area contributed by atoms with Gasteiger partial charge in [0.05, 0.1) is 23.8 Å². The third kappa shape index (κ3) is 4.85. The summed E-state index contributed by atoms with van der Waals surface area (Å²) in [6.45, 7) is 10.2. The summed E-state index contributed by atoms with van der Waals surface area (Å²) < 4.78 is 18.0. The highest BCUT2D eigenvalue weighted by Gasteiger charge is 2.16. The number of hydrogen-bond acceptors (Lipinski definition) is 7. The van der Waals surface area contributed by atoms with E-state index < -0.39 is 5.82 Å². The van der Waals surface area contributed by atoms with Crippen molar-refractivity contribution in [2.45, 2.75) is 33.4 Å². The smallest absolute Gasteiger partial charge is 0.200 e. The van der Waals surface area contributed by atoms with E-state index in [1.807, 2.05) is 42.2 Å². The first-order chi connectivity index (χ1) is 16.5. The Labute approximate surface area is 196 Å². The molecule has 10 heteroatoms. The number of halogens is 1. The topological polar surface area (TPSA) is 97.3 Å². The minimum atomic E-state index is -0.486. The average Bonchev–Trinajstić information content (AvgIpc) is 3.47. The molecule has 4 aromatic heterocycles. The predicted molar refractivity (Wildman–Crippen MR) is 133 cm³/mol. The summed E-state index contributed by atoms with van der Waals surface area (Å²) in [5.41, 5.74) is 3.27. The number of anilines is 3. The zero-order chi connectivity index (χ0) is 24.1. The van der Waals surface area contributed by atoms with Crippen molar-refractivity contribution in [3.05, 3.63) is 78.6 Å². The van der Waals surface area contributed by atoms with Gasteiger partial charge in [-0.15, -0.1) is 5.10 Å². The van der Waals surface area contributed by atoms with Gasteiger partial charge in [-0.05, 0) is 45.7 Å². The highest BCUT2D eigenvalue weighted by molar-refractivity contribution is 5.78. The molecule has 0 aliphatic carbocycles. The molecule has 0 radical (unpaired) electrons. The molecule has 0 atom stereocenters. The molecule has 4 aromatic rings. The normalized spacial score (nSPS) is 12.1. The number of fused-ring (bicyclic) bond motifs is 1. The Morgan fingerprint density at radius 3 is 2.85 bits per heavy atom. The third-order valence-corrected chi connectivity index (χ3v) is 5.08. The molecule has 0 amide bonds. The van der Waals surface area contributed by atoms with E-state index in [1.165, 1.54) is 6.20 Å². The number of allylic oxidation sites excluding steroid dienone is 3. The summed E-state index contributed by atoms with van der Waals surface area (Å²) >= 11 is 0. The fourth-order valence-corrected chi connectivity index (χ4v) is 3.33. The summed E-state index contributed by atoms with van der Waals surface area (Å²) in [5, 5.41) is 15.4. The largest absolute Gasteiger partial charge is 0.378 e. The Hall–Kier alpha value is -4.34. The van der Waals surface area contributed by atoms with Gasteiger partial charge in [0.15, 0.2) is 11.6 Å². The van der Waals surface area contributed by atoms with Crippen molar-refractivity contribution in [1.29, 1.82) is 0 Å². The summed E-state index contributed by atoms with van der Waals surface area (Å²) in [4.78, 5) is 12.5. The number of pyridine rings is 1. The first kappa shape index (κ1) is 22.8. The maximum atomic E-state index is 14.4. The Morgan fingerprint density at radius 1 is 1.29 bits per heavy atom. The zero-order valence-electron chi connectivity index (χ0n) is 19.3. The first-order valence-corrected chi connectivity index (χ1v) is 10.8. The molecule has 0 aliphatic heterocycles. The van der Waals surface area contributed by atoms with Gasteiger partial charge in [0, 0.05) is 36.7 Å². The Balaban J connectivity index is 1.75. The van der Waals surface area contributed by atoms with E-state index in [0.717, 1.165) is 17.4 Å². The molecule has 0 saturated carbocycles. The van der Waals surface area contributed by atoms with Crippen LogP contribution < -0.4 is 10.6 Å². The lowest BCUT2D eigenvalue weighted by Gasteiger charge is -2.12. The van der Waals surface area contributed by atoms with Crippen molar-refractivity contribution in [3.63, 3.8) is 0 Å². The number of aliphatic imine (C=N–C) groups is 1. The minimum Gasteiger partial charge on any atom is -0.378 e. The minimum absolute atomic E-state index is 0.255. The van der Waals surface area contributed by atoms with Gasteiger partial charge in [0.25, 0.3) is 0 Å². The van der Waals surface area contributed by atoms with Gasteiger partial charge in [-0.2, -0.15) is 5.10 Å². The summed E-state index contributed by atoms with van der Waals surface area (Å²) in [5.74, 6) is 0.301. The second-order valence-corrected chi connectivity index (χ2v) is 7.79. The van der Waals surface area contributed by atoms with E-state index in [2.05, 4.69) is 56.4 Å². The number of nitrogens with one attached hydrogen (secondary N) is 2. The molecule has 0 bridgehead atoms. The molecule has 0 spiro atoms. The molecule has 4 heterocycles. The van der Waals surface area contributed by atoms with E-state index >= 15 is 0 Å². The van der Waals surface area contributed by atoms with Crippen molar-refractivity contribution < 1.29 is 4.39 Å². The quantitative estimate of drug-likeness (QED) is 0.270. The molecule has 34 heavy (non-hydrogen) atoms. The molecule has 0 saturated heterocycles. The van der Waals surface area contributed by atoms with Crippen LogP contribution in [0.5, 0.6) is 0 Å². The van der Waals surface area contributed by atoms with Gasteiger partial charge in [-0.25, -0.2) is 13.9 Å². The van der Waals surface area contributed by atoms with Crippen molar-refractivity contribution in [2.24, 2.45) is 4.99 Å². The van der Waals surface area contributed by atoms with Crippen LogP contribution in [-0.4, -0.2) is 36.1 Å². The fraction of sp³-hybridized carbons (Fsp3) is 0.208. The highest BCUT2D eigenvalue weighted by atomic mass is 19.1. The maximum absolute atomic E-state index is 14.4. The molecule has 9 nitrogen and oxygen atoms in total. The summed E-state index contributed by atoms with van der Waals surface area (Å²) in [6.07, 6.45) is 13.7. The van der Waals surface area contributed by atoms with Crippen molar-refractivity contribution >= 4 is 35.1 Å². The van der Waals surface area contributed by atoms with Crippen LogP contribution in [0.1, 0.15) is 38.2 Å². The van der Waals surface area contributed by atoms with E-state index in [4.69, 9.17) is 0 Å². The Morgan fingerprint density at radius 2 is 2.15 bits per heavy atom. The molecule has 2 N–H and O–H groups in total. The second kappa shape index (κ2) is 10.1. The van der Waals surface area contributed by atoms with Gasteiger partial charge >= 0.3 is 0 Å². The molecular formula is C24H26FN9. The number of aromatic nitrogens is 6. The van der Waals surface area contributed by atoms with Crippen LogP contribution in [-0.2, 0) is 6.54 Å². The van der Waals surface area contributed by atoms with Crippen LogP contribution >= 0.6 is 0 Å². The van der Waals surface area contributed by atoms with Crippen molar-refractivity contribution in [2.75, 3.05) is 10.6 Å². The highest BCUT2D eigenvalue weighted by Crippen LogP contribution is 2.27. The molecule has 0 unspecified atom stereocenters. The Kier molecular flexibility index (Phi) is 6.77. The van der Waals surface area contributed by atoms with Crippen LogP contribution in [0.4, 0.5) is 21.6 Å². The van der Waals surface area contributed by atoms with Crippen molar-refractivity contribution in [1.82, 2.24) is 29.4 Å². The van der Waals surface area contributed by atoms with Gasteiger partial charge in [-0.1, -0.05) is 12.2 Å². The van der Waals surface area contributed by atoms with Crippen LogP contribution in [0.3, 0.4) is 0 Å². The van der Waals surface area contributed by atoms with Gasteiger partial charge in [-0.3, -0.25) is 14.7 Å².